The number of aryl methyl sites for hydroxylation is 1. The molecule has 0 unspecified atom stereocenters. The average Bonchev–Trinajstić information content (AvgIpc) is 2.99. The molecule has 1 N–H and O–H groups in total. The molecule has 1 aromatic heterocycles. The number of rotatable bonds is 4. The van der Waals surface area contributed by atoms with E-state index in [-0.39, 0.29) is 5.91 Å². The number of anilines is 1. The highest BCUT2D eigenvalue weighted by Crippen LogP contribution is 2.20. The van der Waals surface area contributed by atoms with E-state index in [1.807, 2.05) is 55.5 Å². The van der Waals surface area contributed by atoms with Gasteiger partial charge in [-0.2, -0.15) is 9.67 Å². The first-order valence-electron chi connectivity index (χ1n) is 7.57. The average molecular weight is 341 g/mol. The summed E-state index contributed by atoms with van der Waals surface area (Å²) in [6.07, 6.45) is 0. The Morgan fingerprint density at radius 1 is 1.17 bits per heavy atom. The third-order valence-corrected chi connectivity index (χ3v) is 3.98. The van der Waals surface area contributed by atoms with Gasteiger partial charge in [0.1, 0.15) is 0 Å². The largest absolute Gasteiger partial charge is 0.350 e. The Morgan fingerprint density at radius 3 is 2.54 bits per heavy atom. The molecule has 1 heterocycles. The van der Waals surface area contributed by atoms with Crippen LogP contribution < -0.4 is 5.32 Å². The number of benzene rings is 2. The van der Waals surface area contributed by atoms with E-state index in [0.717, 1.165) is 16.7 Å². The maximum Gasteiger partial charge on any atom is 0.246 e. The van der Waals surface area contributed by atoms with Crippen LogP contribution in [-0.4, -0.2) is 20.7 Å². The topological polar surface area (TPSA) is 59.8 Å². The van der Waals surface area contributed by atoms with Crippen LogP contribution >= 0.6 is 11.6 Å². The Kier molecular flexibility index (Phi) is 4.62. The van der Waals surface area contributed by atoms with Crippen molar-refractivity contribution in [1.29, 1.82) is 0 Å². The Bertz CT molecular complexity index is 871. The molecule has 24 heavy (non-hydrogen) atoms. The summed E-state index contributed by atoms with van der Waals surface area (Å²) in [5.41, 5.74) is 2.94. The summed E-state index contributed by atoms with van der Waals surface area (Å²) in [5, 5.41) is 8.11. The van der Waals surface area contributed by atoms with Crippen molar-refractivity contribution < 1.29 is 4.79 Å². The van der Waals surface area contributed by atoms with Crippen LogP contribution in [0.1, 0.15) is 22.8 Å². The third-order valence-electron chi connectivity index (χ3n) is 3.61. The van der Waals surface area contributed by atoms with Gasteiger partial charge in [-0.25, -0.2) is 0 Å². The lowest BCUT2D eigenvalue weighted by molar-refractivity contribution is 0.0924. The summed E-state index contributed by atoms with van der Waals surface area (Å²) in [6.45, 7) is 3.93. The Morgan fingerprint density at radius 2 is 1.88 bits per heavy atom. The number of aromatic nitrogens is 3. The van der Waals surface area contributed by atoms with E-state index in [2.05, 4.69) is 15.4 Å². The molecule has 2 aromatic carbocycles. The molecule has 0 aliphatic carbocycles. The van der Waals surface area contributed by atoms with Gasteiger partial charge in [-0.3, -0.25) is 4.79 Å². The van der Waals surface area contributed by atoms with Gasteiger partial charge in [-0.1, -0.05) is 59.6 Å². The molecule has 3 rings (SSSR count). The van der Waals surface area contributed by atoms with E-state index in [1.165, 1.54) is 11.6 Å². The zero-order chi connectivity index (χ0) is 17.1. The zero-order valence-electron chi connectivity index (χ0n) is 13.5. The molecule has 0 spiro atoms. The first-order valence-corrected chi connectivity index (χ1v) is 7.94. The lowest BCUT2D eigenvalue weighted by Gasteiger charge is -2.06. The van der Waals surface area contributed by atoms with Crippen molar-refractivity contribution in [3.63, 3.8) is 0 Å². The summed E-state index contributed by atoms with van der Waals surface area (Å²) in [7, 11) is 0. The van der Waals surface area contributed by atoms with Crippen molar-refractivity contribution in [2.24, 2.45) is 0 Å². The first-order chi connectivity index (χ1) is 11.5. The van der Waals surface area contributed by atoms with Gasteiger partial charge in [-0.15, -0.1) is 5.10 Å². The molecule has 0 saturated heterocycles. The van der Waals surface area contributed by atoms with Crippen molar-refractivity contribution in [3.05, 3.63) is 64.7 Å². The second-order valence-electron chi connectivity index (χ2n) is 5.50. The highest BCUT2D eigenvalue weighted by molar-refractivity contribution is 6.31. The number of hydrogen-bond donors (Lipinski definition) is 1. The van der Waals surface area contributed by atoms with Crippen molar-refractivity contribution in [2.75, 3.05) is 5.32 Å². The van der Waals surface area contributed by atoms with Gasteiger partial charge in [-0.05, 0) is 18.6 Å². The second-order valence-corrected chi connectivity index (χ2v) is 5.91. The minimum atomic E-state index is -0.206. The highest BCUT2D eigenvalue weighted by Gasteiger charge is 2.14. The van der Waals surface area contributed by atoms with Crippen LogP contribution in [0.25, 0.3) is 11.4 Å². The predicted molar refractivity (Wildman–Crippen MR) is 95.3 cm³/mol. The number of halogens is 1. The molecule has 0 bridgehead atoms. The summed E-state index contributed by atoms with van der Waals surface area (Å²) >= 11 is 6.16. The monoisotopic (exact) mass is 340 g/mol. The van der Waals surface area contributed by atoms with E-state index in [9.17, 15) is 4.79 Å². The quantitative estimate of drug-likeness (QED) is 0.774. The maximum atomic E-state index is 11.8. The fraction of sp³-hybridized carbons (Fsp3) is 0.167. The summed E-state index contributed by atoms with van der Waals surface area (Å²) in [5.74, 6) is 0.701. The summed E-state index contributed by atoms with van der Waals surface area (Å²) < 4.78 is 1.27. The fourth-order valence-electron chi connectivity index (χ4n) is 2.29. The molecule has 0 radical (unpaired) electrons. The van der Waals surface area contributed by atoms with E-state index in [1.54, 1.807) is 0 Å². The van der Waals surface area contributed by atoms with E-state index < -0.39 is 0 Å². The van der Waals surface area contributed by atoms with Crippen molar-refractivity contribution in [3.8, 4) is 11.4 Å². The lowest BCUT2D eigenvalue weighted by atomic mass is 10.1. The molecule has 0 fully saturated rings. The van der Waals surface area contributed by atoms with Crippen LogP contribution in [0.5, 0.6) is 0 Å². The smallest absolute Gasteiger partial charge is 0.246 e. The van der Waals surface area contributed by atoms with E-state index in [4.69, 9.17) is 11.6 Å². The van der Waals surface area contributed by atoms with Crippen LogP contribution in [0.15, 0.2) is 48.5 Å². The molecule has 0 atom stereocenters. The zero-order valence-corrected chi connectivity index (χ0v) is 14.2. The Hall–Kier alpha value is -2.66. The van der Waals surface area contributed by atoms with Crippen LogP contribution in [0.4, 0.5) is 5.95 Å². The summed E-state index contributed by atoms with van der Waals surface area (Å²) in [4.78, 5) is 16.3. The van der Waals surface area contributed by atoms with Gasteiger partial charge in [0.05, 0.1) is 0 Å². The molecular weight excluding hydrogens is 324 g/mol. The number of nitrogens with one attached hydrogen (secondary N) is 1. The molecule has 122 valence electrons. The van der Waals surface area contributed by atoms with Gasteiger partial charge in [0.25, 0.3) is 0 Å². The second kappa shape index (κ2) is 6.84. The Labute approximate surface area is 145 Å². The van der Waals surface area contributed by atoms with Gasteiger partial charge >= 0.3 is 0 Å². The fourth-order valence-corrected chi connectivity index (χ4v) is 2.49. The van der Waals surface area contributed by atoms with Gasteiger partial charge in [0.2, 0.25) is 11.9 Å². The van der Waals surface area contributed by atoms with Crippen LogP contribution in [-0.2, 0) is 6.54 Å². The minimum Gasteiger partial charge on any atom is -0.350 e. The molecule has 0 aliphatic rings. The summed E-state index contributed by atoms with van der Waals surface area (Å²) in [6, 6.07) is 15.4. The SMILES string of the molecule is CC(=O)n1nc(-c2ccc(C)cc2)nc1NCc1ccccc1Cl. The molecule has 0 aliphatic heterocycles. The predicted octanol–water partition coefficient (Wildman–Crippen LogP) is 4.18. The molecule has 0 amide bonds. The molecule has 6 heteroatoms. The number of carbonyl (C=O) groups excluding carboxylic acids is 1. The minimum absolute atomic E-state index is 0.206. The van der Waals surface area contributed by atoms with E-state index >= 15 is 0 Å². The standard InChI is InChI=1S/C18H17ClN4O/c1-12-7-9-14(10-8-12)17-21-18(23(22-17)13(2)24)20-11-15-5-3-4-6-16(15)19/h3-10H,11H2,1-2H3,(H,20,21,22). The Balaban J connectivity index is 1.88. The lowest BCUT2D eigenvalue weighted by Crippen LogP contribution is -2.13. The van der Waals surface area contributed by atoms with Crippen molar-refractivity contribution >= 4 is 23.5 Å². The maximum absolute atomic E-state index is 11.8. The molecule has 0 saturated carbocycles. The third kappa shape index (κ3) is 3.46. The van der Waals surface area contributed by atoms with Crippen molar-refractivity contribution in [1.82, 2.24) is 14.8 Å². The van der Waals surface area contributed by atoms with Crippen molar-refractivity contribution in [2.45, 2.75) is 20.4 Å². The van der Waals surface area contributed by atoms with Gasteiger partial charge < -0.3 is 5.32 Å². The van der Waals surface area contributed by atoms with Gasteiger partial charge in [0.15, 0.2) is 5.82 Å². The molecule has 3 aromatic rings. The number of hydrogen-bond acceptors (Lipinski definition) is 4. The highest BCUT2D eigenvalue weighted by atomic mass is 35.5. The first kappa shape index (κ1) is 16.2. The van der Waals surface area contributed by atoms with Crippen LogP contribution in [0.2, 0.25) is 5.02 Å². The number of nitrogens with zero attached hydrogens (tertiary/aromatic N) is 3. The molecule has 5 nitrogen and oxygen atoms in total. The van der Waals surface area contributed by atoms with Crippen LogP contribution in [0.3, 0.4) is 0 Å². The number of carbonyl (C=O) groups is 1. The van der Waals surface area contributed by atoms with Crippen LogP contribution in [0, 0.1) is 6.92 Å². The normalized spacial score (nSPS) is 10.6. The molecular formula is C18H17ClN4O. The van der Waals surface area contributed by atoms with Gasteiger partial charge in [0, 0.05) is 24.1 Å². The van der Waals surface area contributed by atoms with E-state index in [0.29, 0.717) is 23.3 Å².